The number of allylic oxidation sites excluding steroid dienone is 3. The van der Waals surface area contributed by atoms with Gasteiger partial charge in [0.15, 0.2) is 0 Å². The molecule has 2 aromatic carbocycles. The number of ether oxygens (including phenoxy) is 1. The van der Waals surface area contributed by atoms with Crippen LogP contribution in [0.15, 0.2) is 53.6 Å². The van der Waals surface area contributed by atoms with Crippen LogP contribution >= 0.6 is 0 Å². The number of amides is 1. The molecule has 0 spiro atoms. The highest BCUT2D eigenvalue weighted by Gasteiger charge is 2.34. The highest BCUT2D eigenvalue weighted by Crippen LogP contribution is 2.49. The van der Waals surface area contributed by atoms with E-state index >= 15 is 0 Å². The van der Waals surface area contributed by atoms with Gasteiger partial charge in [0.25, 0.3) is 5.91 Å². The molecule has 0 saturated carbocycles. The Balaban J connectivity index is 1.80. The summed E-state index contributed by atoms with van der Waals surface area (Å²) in [6, 6.07) is 7.57. The van der Waals surface area contributed by atoms with Crippen molar-refractivity contribution >= 4 is 23.0 Å². The summed E-state index contributed by atoms with van der Waals surface area (Å²) in [7, 11) is 1.75. The van der Waals surface area contributed by atoms with E-state index in [0.29, 0.717) is 29.2 Å². The molecule has 7 heteroatoms. The van der Waals surface area contributed by atoms with Gasteiger partial charge in [-0.3, -0.25) is 4.79 Å². The molecule has 3 N–H and O–H groups in total. The number of hydrogen-bond donors (Lipinski definition) is 3. The Labute approximate surface area is 226 Å². The van der Waals surface area contributed by atoms with Crippen LogP contribution in [0, 0.1) is 0 Å². The van der Waals surface area contributed by atoms with E-state index in [1.54, 1.807) is 29.0 Å². The SMILES string of the molecule is CCN1c2c(O)cccc2C(=O)N(C/C=C(\C)CC/C=C(\C)CCCC(C)(C)OC)c2cc(O)cc(O)c21. The lowest BCUT2D eigenvalue weighted by Gasteiger charge is -2.27. The summed E-state index contributed by atoms with van der Waals surface area (Å²) < 4.78 is 5.50. The largest absolute Gasteiger partial charge is 0.508 e. The molecule has 0 atom stereocenters. The van der Waals surface area contributed by atoms with Crippen molar-refractivity contribution in [2.75, 3.05) is 30.0 Å². The van der Waals surface area contributed by atoms with Crippen molar-refractivity contribution in [1.82, 2.24) is 0 Å². The van der Waals surface area contributed by atoms with Gasteiger partial charge < -0.3 is 29.9 Å². The van der Waals surface area contributed by atoms with Crippen LogP contribution in [0.1, 0.15) is 77.1 Å². The molecule has 0 aliphatic carbocycles. The number of para-hydroxylation sites is 1. The fraction of sp³-hybridized carbons (Fsp3) is 0.452. The number of nitrogens with zero attached hydrogens (tertiary/aromatic N) is 2. The second-order valence-corrected chi connectivity index (χ2v) is 10.6. The van der Waals surface area contributed by atoms with Gasteiger partial charge in [-0.15, -0.1) is 0 Å². The van der Waals surface area contributed by atoms with Crippen molar-refractivity contribution in [2.45, 2.75) is 72.3 Å². The number of phenolic OH excluding ortho intramolecular Hbond substituents is 3. The first kappa shape index (κ1) is 29.1. The first-order valence-corrected chi connectivity index (χ1v) is 13.3. The first-order chi connectivity index (χ1) is 18.0. The predicted molar refractivity (Wildman–Crippen MR) is 154 cm³/mol. The van der Waals surface area contributed by atoms with Gasteiger partial charge in [0.05, 0.1) is 22.5 Å². The van der Waals surface area contributed by atoms with E-state index in [-0.39, 0.29) is 35.3 Å². The zero-order chi connectivity index (χ0) is 28.0. The Morgan fingerprint density at radius 3 is 2.37 bits per heavy atom. The molecule has 206 valence electrons. The Morgan fingerprint density at radius 1 is 0.974 bits per heavy atom. The van der Waals surface area contributed by atoms with E-state index < -0.39 is 0 Å². The quantitative estimate of drug-likeness (QED) is 0.271. The molecule has 3 rings (SSSR count). The first-order valence-electron chi connectivity index (χ1n) is 13.3. The second-order valence-electron chi connectivity index (χ2n) is 10.6. The lowest BCUT2D eigenvalue weighted by Crippen LogP contribution is -2.30. The molecule has 0 radical (unpaired) electrons. The zero-order valence-corrected chi connectivity index (χ0v) is 23.5. The minimum absolute atomic E-state index is 0.0439. The lowest BCUT2D eigenvalue weighted by molar-refractivity contribution is 0.0140. The van der Waals surface area contributed by atoms with E-state index in [0.717, 1.165) is 37.7 Å². The third-order valence-corrected chi connectivity index (χ3v) is 7.25. The number of carbonyl (C=O) groups is 1. The second kappa shape index (κ2) is 12.4. The number of carbonyl (C=O) groups excluding carboxylic acids is 1. The van der Waals surface area contributed by atoms with Crippen LogP contribution in [0.5, 0.6) is 17.2 Å². The molecule has 1 amide bonds. The number of phenols is 3. The van der Waals surface area contributed by atoms with Crippen LogP contribution in [-0.2, 0) is 4.74 Å². The van der Waals surface area contributed by atoms with Crippen LogP contribution in [0.4, 0.5) is 17.1 Å². The summed E-state index contributed by atoms with van der Waals surface area (Å²) in [6.45, 7) is 11.0. The van der Waals surface area contributed by atoms with Crippen molar-refractivity contribution in [3.8, 4) is 17.2 Å². The monoisotopic (exact) mass is 522 g/mol. The van der Waals surface area contributed by atoms with Gasteiger partial charge >= 0.3 is 0 Å². The normalized spacial score (nSPS) is 14.4. The van der Waals surface area contributed by atoms with Gasteiger partial charge in [0.1, 0.15) is 22.9 Å². The van der Waals surface area contributed by atoms with Gasteiger partial charge in [0.2, 0.25) is 0 Å². The van der Waals surface area contributed by atoms with E-state index in [9.17, 15) is 20.1 Å². The fourth-order valence-electron chi connectivity index (χ4n) is 4.82. The average Bonchev–Trinajstić information content (AvgIpc) is 2.95. The molecular formula is C31H42N2O5. The smallest absolute Gasteiger partial charge is 0.260 e. The molecule has 0 unspecified atom stereocenters. The maximum atomic E-state index is 13.7. The summed E-state index contributed by atoms with van der Waals surface area (Å²) in [5, 5.41) is 31.7. The zero-order valence-electron chi connectivity index (χ0n) is 23.5. The molecule has 0 fully saturated rings. The standard InChI is InChI=1S/C31H42N2O5/c1-7-32-28-24(14-9-15-26(28)35)30(37)33(25-19-23(34)20-27(36)29(25)32)18-16-22(3)12-8-11-21(2)13-10-17-31(4,5)38-6/h9,11,14-16,19-20,34-36H,7-8,10,12-13,17-18H2,1-6H3/b21-11+,22-16+. The third-order valence-electron chi connectivity index (χ3n) is 7.25. The highest BCUT2D eigenvalue weighted by molar-refractivity contribution is 6.15. The number of benzene rings is 2. The number of rotatable bonds is 11. The van der Waals surface area contributed by atoms with E-state index in [1.165, 1.54) is 23.8 Å². The summed E-state index contributed by atoms with van der Waals surface area (Å²) in [5.41, 5.74) is 3.86. The summed E-state index contributed by atoms with van der Waals surface area (Å²) in [4.78, 5) is 17.0. The van der Waals surface area contributed by atoms with Crippen LogP contribution in [0.2, 0.25) is 0 Å². The number of fused-ring (bicyclic) bond motifs is 2. The number of hydrogen-bond acceptors (Lipinski definition) is 6. The Morgan fingerprint density at radius 2 is 1.68 bits per heavy atom. The molecule has 2 aromatic rings. The maximum Gasteiger partial charge on any atom is 0.260 e. The summed E-state index contributed by atoms with van der Waals surface area (Å²) in [5.74, 6) is -0.652. The molecule has 38 heavy (non-hydrogen) atoms. The number of aromatic hydroxyl groups is 3. The van der Waals surface area contributed by atoms with E-state index in [1.807, 2.05) is 19.9 Å². The van der Waals surface area contributed by atoms with Gasteiger partial charge in [-0.05, 0) is 78.9 Å². The molecular weight excluding hydrogens is 480 g/mol. The fourth-order valence-corrected chi connectivity index (χ4v) is 4.82. The van der Waals surface area contributed by atoms with Crippen molar-refractivity contribution in [3.05, 3.63) is 59.2 Å². The van der Waals surface area contributed by atoms with Crippen LogP contribution < -0.4 is 9.80 Å². The Hall–Kier alpha value is -3.45. The minimum atomic E-state index is -0.308. The minimum Gasteiger partial charge on any atom is -0.508 e. The molecule has 0 saturated heterocycles. The lowest BCUT2D eigenvalue weighted by atomic mass is 9.98. The Kier molecular flexibility index (Phi) is 9.50. The number of methoxy groups -OCH3 is 1. The van der Waals surface area contributed by atoms with Crippen LogP contribution in [0.3, 0.4) is 0 Å². The Bertz CT molecular complexity index is 1210. The molecule has 0 bridgehead atoms. The topological polar surface area (TPSA) is 93.5 Å². The van der Waals surface area contributed by atoms with E-state index in [2.05, 4.69) is 26.8 Å². The van der Waals surface area contributed by atoms with Crippen LogP contribution in [-0.4, -0.2) is 47.0 Å². The van der Waals surface area contributed by atoms with Crippen molar-refractivity contribution in [2.24, 2.45) is 0 Å². The van der Waals surface area contributed by atoms with Crippen molar-refractivity contribution in [3.63, 3.8) is 0 Å². The predicted octanol–water partition coefficient (Wildman–Crippen LogP) is 7.19. The van der Waals surface area contributed by atoms with Gasteiger partial charge in [-0.25, -0.2) is 0 Å². The highest BCUT2D eigenvalue weighted by atomic mass is 16.5. The molecule has 7 nitrogen and oxygen atoms in total. The van der Waals surface area contributed by atoms with E-state index in [4.69, 9.17) is 4.74 Å². The third kappa shape index (κ3) is 6.70. The van der Waals surface area contributed by atoms with Gasteiger partial charge in [0, 0.05) is 32.3 Å². The summed E-state index contributed by atoms with van der Waals surface area (Å²) in [6.07, 6.45) is 9.20. The molecule has 1 aliphatic heterocycles. The number of anilines is 3. The van der Waals surface area contributed by atoms with Gasteiger partial charge in [-0.2, -0.15) is 0 Å². The van der Waals surface area contributed by atoms with Crippen molar-refractivity contribution < 1.29 is 24.9 Å². The van der Waals surface area contributed by atoms with Crippen molar-refractivity contribution in [1.29, 1.82) is 0 Å². The maximum absolute atomic E-state index is 13.7. The molecule has 1 heterocycles. The van der Waals surface area contributed by atoms with Gasteiger partial charge in [-0.1, -0.05) is 29.4 Å². The van der Waals surface area contributed by atoms with Crippen LogP contribution in [0.25, 0.3) is 0 Å². The molecule has 0 aromatic heterocycles. The average molecular weight is 523 g/mol. The summed E-state index contributed by atoms with van der Waals surface area (Å²) >= 11 is 0. The molecule has 1 aliphatic rings.